The highest BCUT2D eigenvalue weighted by Crippen LogP contribution is 2.35. The van der Waals surface area contributed by atoms with Crippen LogP contribution in [-0.4, -0.2) is 94.4 Å². The fourth-order valence-corrected chi connectivity index (χ4v) is 5.22. The van der Waals surface area contributed by atoms with Gasteiger partial charge in [-0.1, -0.05) is 18.0 Å². The van der Waals surface area contributed by atoms with Crippen LogP contribution in [0.3, 0.4) is 0 Å². The Morgan fingerprint density at radius 2 is 1.79 bits per heavy atom. The van der Waals surface area contributed by atoms with Crippen LogP contribution in [0.25, 0.3) is 10.9 Å². The molecule has 0 unspecified atom stereocenters. The summed E-state index contributed by atoms with van der Waals surface area (Å²) in [5.41, 5.74) is 1.62. The number of rotatable bonds is 8. The van der Waals surface area contributed by atoms with Crippen molar-refractivity contribution in [3.8, 4) is 11.5 Å². The Labute approximate surface area is 233 Å². The van der Waals surface area contributed by atoms with E-state index in [1.165, 1.54) is 25.5 Å². The molecule has 0 atom stereocenters. The number of nitrogens with zero attached hydrogens (tertiary/aromatic N) is 7. The number of likely N-dealkylation sites (tertiary alicyclic amines) is 1. The van der Waals surface area contributed by atoms with Gasteiger partial charge in [0.1, 0.15) is 23.9 Å². The molecule has 0 radical (unpaired) electrons. The summed E-state index contributed by atoms with van der Waals surface area (Å²) < 4.78 is 11.8. The summed E-state index contributed by atoms with van der Waals surface area (Å²) in [6.45, 7) is 7.47. The Hall–Kier alpha value is -3.02. The van der Waals surface area contributed by atoms with Crippen molar-refractivity contribution in [1.29, 1.82) is 0 Å². The number of hydrogen-bond acceptors (Lipinski definition) is 9. The molecule has 1 aromatic carbocycles. The topological polar surface area (TPSA) is 91.8 Å². The van der Waals surface area contributed by atoms with E-state index in [-0.39, 0.29) is 0 Å². The molecule has 12 heteroatoms. The van der Waals surface area contributed by atoms with E-state index in [2.05, 4.69) is 40.0 Å². The van der Waals surface area contributed by atoms with E-state index < -0.39 is 0 Å². The molecule has 0 spiro atoms. The van der Waals surface area contributed by atoms with E-state index in [0.717, 1.165) is 68.2 Å². The Kier molecular flexibility index (Phi) is 8.87. The lowest BCUT2D eigenvalue weighted by Gasteiger charge is -2.37. The smallest absolute Gasteiger partial charge is 0.169 e. The first-order chi connectivity index (χ1) is 18.6. The first-order valence-corrected chi connectivity index (χ1v) is 13.8. The van der Waals surface area contributed by atoms with Crippen LogP contribution in [0.5, 0.6) is 11.5 Å². The van der Waals surface area contributed by atoms with E-state index in [4.69, 9.17) is 33.3 Å². The minimum atomic E-state index is 0.374. The van der Waals surface area contributed by atoms with Gasteiger partial charge in [-0.15, -0.1) is 0 Å². The molecule has 0 bridgehead atoms. The first kappa shape index (κ1) is 26.6. The second-order valence-corrected chi connectivity index (χ2v) is 10.2. The van der Waals surface area contributed by atoms with Gasteiger partial charge < -0.3 is 24.6 Å². The summed E-state index contributed by atoms with van der Waals surface area (Å²) in [6.07, 6.45) is 8.67. The van der Waals surface area contributed by atoms with Crippen molar-refractivity contribution in [2.45, 2.75) is 25.8 Å². The number of piperazine rings is 1. The molecule has 10 nitrogen and oxygen atoms in total. The second kappa shape index (κ2) is 12.7. The molecular weight excluding hydrogens is 524 g/mol. The number of hydrogen-bond donors (Lipinski definition) is 1. The fraction of sp³-hybridized carbons (Fsp3) is 0.500. The van der Waals surface area contributed by atoms with Crippen molar-refractivity contribution >= 4 is 45.7 Å². The molecular formula is C26H33ClN8O2S. The van der Waals surface area contributed by atoms with Crippen molar-refractivity contribution in [1.82, 2.24) is 35.1 Å². The molecule has 5 rings (SSSR count). The highest BCUT2D eigenvalue weighted by atomic mass is 35.5. The number of nitrogens with one attached hydrogen (secondary N) is 1. The molecule has 202 valence electrons. The molecule has 4 heterocycles. The zero-order valence-electron chi connectivity index (χ0n) is 21.6. The Morgan fingerprint density at radius 3 is 2.53 bits per heavy atom. The van der Waals surface area contributed by atoms with Crippen molar-refractivity contribution in [3.63, 3.8) is 0 Å². The molecule has 0 saturated carbocycles. The molecule has 3 aromatic rings. The standard InChI is InChI=1S/C26H33ClN8O2S/c1-36-22-13-20-21(14-23(22)37-12-11-33-5-3-2-4-6-33)31-18-32-25(20)34-7-9-35(10-8-34)26(38)30-16-19-15-29-24(27)17-28-19/h13-15,17-18H,2-12,16H2,1H3,(H,30,38). The van der Waals surface area contributed by atoms with Crippen molar-refractivity contribution in [2.24, 2.45) is 0 Å². The Balaban J connectivity index is 1.20. The average molecular weight is 557 g/mol. The van der Waals surface area contributed by atoms with Gasteiger partial charge in [0, 0.05) is 44.2 Å². The van der Waals surface area contributed by atoms with Gasteiger partial charge in [-0.3, -0.25) is 9.88 Å². The number of thiocarbonyl (C=S) groups is 1. The summed E-state index contributed by atoms with van der Waals surface area (Å²) >= 11 is 11.4. The maximum atomic E-state index is 6.14. The average Bonchev–Trinajstić information content (AvgIpc) is 2.96. The van der Waals surface area contributed by atoms with Gasteiger partial charge in [0.25, 0.3) is 0 Å². The van der Waals surface area contributed by atoms with E-state index in [1.807, 2.05) is 12.1 Å². The number of anilines is 1. The van der Waals surface area contributed by atoms with Crippen molar-refractivity contribution in [2.75, 3.05) is 64.4 Å². The van der Waals surface area contributed by atoms with Gasteiger partial charge >= 0.3 is 0 Å². The van der Waals surface area contributed by atoms with Crippen LogP contribution in [0.1, 0.15) is 25.0 Å². The predicted octanol–water partition coefficient (Wildman–Crippen LogP) is 3.14. The van der Waals surface area contributed by atoms with Crippen LogP contribution in [0.2, 0.25) is 5.15 Å². The van der Waals surface area contributed by atoms with Crippen molar-refractivity contribution < 1.29 is 9.47 Å². The molecule has 1 N–H and O–H groups in total. The summed E-state index contributed by atoms with van der Waals surface area (Å²) in [5.74, 6) is 2.30. The lowest BCUT2D eigenvalue weighted by molar-refractivity contribution is 0.181. The molecule has 2 saturated heterocycles. The number of aromatic nitrogens is 4. The normalized spacial score (nSPS) is 16.5. The zero-order chi connectivity index (χ0) is 26.3. The third-order valence-electron chi connectivity index (χ3n) is 6.97. The summed E-state index contributed by atoms with van der Waals surface area (Å²) in [6, 6.07) is 3.96. The van der Waals surface area contributed by atoms with Gasteiger partial charge in [0.15, 0.2) is 16.6 Å². The molecule has 2 aliphatic rings. The minimum absolute atomic E-state index is 0.374. The quantitative estimate of drug-likeness (QED) is 0.415. The summed E-state index contributed by atoms with van der Waals surface area (Å²) in [4.78, 5) is 24.4. The maximum Gasteiger partial charge on any atom is 0.169 e. The van der Waals surface area contributed by atoms with Gasteiger partial charge in [0.05, 0.1) is 37.3 Å². The molecule has 2 fully saturated rings. The molecule has 2 aromatic heterocycles. The summed E-state index contributed by atoms with van der Waals surface area (Å²) in [7, 11) is 1.67. The molecule has 0 amide bonds. The lowest BCUT2D eigenvalue weighted by atomic mass is 10.1. The van der Waals surface area contributed by atoms with Gasteiger partial charge in [-0.05, 0) is 44.2 Å². The second-order valence-electron chi connectivity index (χ2n) is 9.43. The van der Waals surface area contributed by atoms with Crippen LogP contribution in [0, 0.1) is 0 Å². The number of ether oxygens (including phenoxy) is 2. The highest BCUT2D eigenvalue weighted by molar-refractivity contribution is 7.80. The third kappa shape index (κ3) is 6.51. The number of piperidine rings is 1. The highest BCUT2D eigenvalue weighted by Gasteiger charge is 2.23. The monoisotopic (exact) mass is 556 g/mol. The molecule has 2 aliphatic heterocycles. The number of benzene rings is 1. The van der Waals surface area contributed by atoms with Gasteiger partial charge in [-0.25, -0.2) is 15.0 Å². The predicted molar refractivity (Wildman–Crippen MR) is 152 cm³/mol. The summed E-state index contributed by atoms with van der Waals surface area (Å²) in [5, 5.41) is 5.28. The maximum absolute atomic E-state index is 6.14. The number of methoxy groups -OCH3 is 1. The number of halogens is 1. The van der Waals surface area contributed by atoms with E-state index in [1.54, 1.807) is 19.6 Å². The van der Waals surface area contributed by atoms with Crippen LogP contribution < -0.4 is 19.7 Å². The largest absolute Gasteiger partial charge is 0.493 e. The Morgan fingerprint density at radius 1 is 0.974 bits per heavy atom. The lowest BCUT2D eigenvalue weighted by Crippen LogP contribution is -2.51. The van der Waals surface area contributed by atoms with Gasteiger partial charge in [-0.2, -0.15) is 0 Å². The van der Waals surface area contributed by atoms with E-state index >= 15 is 0 Å². The molecule has 0 aliphatic carbocycles. The fourth-order valence-electron chi connectivity index (χ4n) is 4.87. The Bertz CT molecular complexity index is 1230. The van der Waals surface area contributed by atoms with Crippen LogP contribution in [0.15, 0.2) is 30.9 Å². The van der Waals surface area contributed by atoms with Crippen LogP contribution >= 0.6 is 23.8 Å². The van der Waals surface area contributed by atoms with Gasteiger partial charge in [0.2, 0.25) is 0 Å². The van der Waals surface area contributed by atoms with Crippen LogP contribution in [-0.2, 0) is 6.54 Å². The first-order valence-electron chi connectivity index (χ1n) is 13.0. The SMILES string of the molecule is COc1cc2c(N3CCN(C(=S)NCc4cnc(Cl)cn4)CC3)ncnc2cc1OCCN1CCCCC1. The molecule has 38 heavy (non-hydrogen) atoms. The van der Waals surface area contributed by atoms with Crippen LogP contribution in [0.4, 0.5) is 5.82 Å². The third-order valence-corrected chi connectivity index (χ3v) is 7.57. The van der Waals surface area contributed by atoms with Crippen molar-refractivity contribution in [3.05, 3.63) is 41.7 Å². The van der Waals surface area contributed by atoms with E-state index in [9.17, 15) is 0 Å². The zero-order valence-corrected chi connectivity index (χ0v) is 23.2. The van der Waals surface area contributed by atoms with E-state index in [0.29, 0.717) is 34.9 Å². The minimum Gasteiger partial charge on any atom is -0.493 e. The number of fused-ring (bicyclic) bond motifs is 1.